The van der Waals surface area contributed by atoms with Gasteiger partial charge in [0.2, 0.25) is 15.9 Å². The monoisotopic (exact) mass is 371 g/mol. The molecule has 1 unspecified atom stereocenters. The molecule has 26 heavy (non-hydrogen) atoms. The van der Waals surface area contributed by atoms with Gasteiger partial charge in [-0.05, 0) is 25.5 Å². The summed E-state index contributed by atoms with van der Waals surface area (Å²) >= 11 is 0. The fourth-order valence-electron chi connectivity index (χ4n) is 2.92. The van der Waals surface area contributed by atoms with E-state index in [9.17, 15) is 8.42 Å². The van der Waals surface area contributed by atoms with E-state index in [4.69, 9.17) is 4.42 Å². The molecule has 2 aromatic heterocycles. The van der Waals surface area contributed by atoms with Crippen LogP contribution >= 0.6 is 0 Å². The summed E-state index contributed by atoms with van der Waals surface area (Å²) in [5.41, 5.74) is 1.51. The average molecular weight is 371 g/mol. The highest BCUT2D eigenvalue weighted by atomic mass is 32.2. The van der Waals surface area contributed by atoms with Gasteiger partial charge in [-0.3, -0.25) is 4.98 Å². The highest BCUT2D eigenvalue weighted by molar-refractivity contribution is 7.89. The molecule has 3 aromatic rings. The molecular weight excluding hydrogens is 354 g/mol. The topological polar surface area (TPSA) is 102 Å². The van der Waals surface area contributed by atoms with Crippen LogP contribution < -0.4 is 0 Å². The fourth-order valence-corrected chi connectivity index (χ4v) is 4.42. The Kier molecular flexibility index (Phi) is 4.25. The van der Waals surface area contributed by atoms with Crippen LogP contribution in [0.25, 0.3) is 11.6 Å². The van der Waals surface area contributed by atoms with E-state index in [-0.39, 0.29) is 11.8 Å². The van der Waals surface area contributed by atoms with Crippen molar-refractivity contribution in [2.75, 3.05) is 13.1 Å². The summed E-state index contributed by atoms with van der Waals surface area (Å²) in [5.74, 6) is 0.577. The molecule has 134 valence electrons. The normalized spacial score (nSPS) is 18.3. The van der Waals surface area contributed by atoms with E-state index < -0.39 is 10.0 Å². The Balaban J connectivity index is 1.52. The van der Waals surface area contributed by atoms with E-state index in [2.05, 4.69) is 20.2 Å². The maximum atomic E-state index is 12.8. The van der Waals surface area contributed by atoms with Crippen molar-refractivity contribution < 1.29 is 12.8 Å². The summed E-state index contributed by atoms with van der Waals surface area (Å²) in [5, 5.41) is 8.07. The smallest absolute Gasteiger partial charge is 0.267 e. The van der Waals surface area contributed by atoms with Gasteiger partial charge in [0, 0.05) is 25.5 Å². The minimum atomic E-state index is -3.52. The van der Waals surface area contributed by atoms with Gasteiger partial charge in [-0.15, -0.1) is 10.2 Å². The molecule has 1 aliphatic heterocycles. The van der Waals surface area contributed by atoms with Crippen molar-refractivity contribution in [3.8, 4) is 11.6 Å². The number of nitrogens with zero attached hydrogens (tertiary/aromatic N) is 5. The summed E-state index contributed by atoms with van der Waals surface area (Å²) in [6, 6.07) is 6.87. The average Bonchev–Trinajstić information content (AvgIpc) is 3.33. The van der Waals surface area contributed by atoms with Crippen molar-refractivity contribution in [3.63, 3.8) is 0 Å². The van der Waals surface area contributed by atoms with Crippen molar-refractivity contribution in [1.82, 2.24) is 24.5 Å². The van der Waals surface area contributed by atoms with E-state index in [1.54, 1.807) is 42.9 Å². The number of benzene rings is 1. The first-order chi connectivity index (χ1) is 12.5. The third kappa shape index (κ3) is 3.11. The number of hydrogen-bond acceptors (Lipinski definition) is 7. The third-order valence-corrected chi connectivity index (χ3v) is 6.26. The minimum absolute atomic E-state index is 0.131. The lowest BCUT2D eigenvalue weighted by molar-refractivity contribution is 0.439. The molecule has 0 saturated carbocycles. The molecule has 3 heterocycles. The molecule has 1 aliphatic rings. The summed E-state index contributed by atoms with van der Waals surface area (Å²) in [6.45, 7) is 2.66. The van der Waals surface area contributed by atoms with Gasteiger partial charge in [0.05, 0.1) is 17.0 Å². The Morgan fingerprint density at radius 2 is 1.96 bits per heavy atom. The molecule has 1 atom stereocenters. The van der Waals surface area contributed by atoms with Gasteiger partial charge in [0.25, 0.3) is 5.89 Å². The zero-order valence-corrected chi connectivity index (χ0v) is 14.9. The number of rotatable bonds is 4. The molecule has 1 fully saturated rings. The number of aromatic nitrogens is 4. The Labute approximate surface area is 151 Å². The molecule has 8 nitrogen and oxygen atoms in total. The molecule has 1 aromatic carbocycles. The Bertz CT molecular complexity index is 1000. The molecular formula is C17H17N5O3S. The van der Waals surface area contributed by atoms with Gasteiger partial charge in [-0.2, -0.15) is 4.31 Å². The van der Waals surface area contributed by atoms with Gasteiger partial charge in [0.15, 0.2) is 0 Å². The lowest BCUT2D eigenvalue weighted by atomic mass is 10.1. The predicted molar refractivity (Wildman–Crippen MR) is 92.6 cm³/mol. The zero-order valence-electron chi connectivity index (χ0n) is 14.1. The fraction of sp³-hybridized carbons (Fsp3) is 0.294. The first-order valence-corrected chi connectivity index (χ1v) is 9.64. The summed E-state index contributed by atoms with van der Waals surface area (Å²) in [6.07, 6.45) is 5.28. The highest BCUT2D eigenvalue weighted by Gasteiger charge is 2.35. The molecule has 4 rings (SSSR count). The van der Waals surface area contributed by atoms with E-state index in [1.165, 1.54) is 4.31 Å². The zero-order chi connectivity index (χ0) is 18.1. The largest absolute Gasteiger partial charge is 0.419 e. The summed E-state index contributed by atoms with van der Waals surface area (Å²) in [7, 11) is -3.52. The molecule has 0 spiro atoms. The van der Waals surface area contributed by atoms with Gasteiger partial charge in [-0.25, -0.2) is 13.4 Å². The predicted octanol–water partition coefficient (Wildman–Crippen LogP) is 2.01. The summed E-state index contributed by atoms with van der Waals surface area (Å²) < 4.78 is 32.7. The standard InChI is InChI=1S/C17H17N5O3S/c1-12-2-4-14(5-3-12)26(23,24)22-9-6-13(11-22)16-20-21-17(25-16)15-10-18-7-8-19-15/h2-5,7-8,10,13H,6,9,11H2,1H3. The molecule has 0 aliphatic carbocycles. The highest BCUT2D eigenvalue weighted by Crippen LogP contribution is 2.31. The van der Waals surface area contributed by atoms with Crippen molar-refractivity contribution in [2.45, 2.75) is 24.2 Å². The van der Waals surface area contributed by atoms with Crippen LogP contribution in [0, 0.1) is 6.92 Å². The lowest BCUT2D eigenvalue weighted by Crippen LogP contribution is -2.28. The second-order valence-corrected chi connectivity index (χ2v) is 8.14. The van der Waals surface area contributed by atoms with Crippen LogP contribution in [0.15, 0.2) is 52.2 Å². The van der Waals surface area contributed by atoms with Crippen molar-refractivity contribution in [2.24, 2.45) is 0 Å². The molecule has 9 heteroatoms. The van der Waals surface area contributed by atoms with Crippen LogP contribution in [0.3, 0.4) is 0 Å². The molecule has 0 radical (unpaired) electrons. The Morgan fingerprint density at radius 3 is 2.69 bits per heavy atom. The molecule has 0 bridgehead atoms. The first-order valence-electron chi connectivity index (χ1n) is 8.20. The molecule has 0 amide bonds. The first kappa shape index (κ1) is 16.8. The SMILES string of the molecule is Cc1ccc(S(=O)(=O)N2CCC(c3nnc(-c4cnccn4)o3)C2)cc1. The van der Waals surface area contributed by atoms with Gasteiger partial charge >= 0.3 is 0 Å². The second kappa shape index (κ2) is 6.58. The Morgan fingerprint density at radius 1 is 1.15 bits per heavy atom. The minimum Gasteiger partial charge on any atom is -0.419 e. The molecule has 0 N–H and O–H groups in total. The number of sulfonamides is 1. The van der Waals surface area contributed by atoms with E-state index in [0.717, 1.165) is 5.56 Å². The van der Waals surface area contributed by atoms with Crippen molar-refractivity contribution in [1.29, 1.82) is 0 Å². The van der Waals surface area contributed by atoms with Gasteiger partial charge in [-0.1, -0.05) is 17.7 Å². The maximum Gasteiger partial charge on any atom is 0.267 e. The Hall–Kier alpha value is -2.65. The van der Waals surface area contributed by atoms with Crippen molar-refractivity contribution >= 4 is 10.0 Å². The van der Waals surface area contributed by atoms with E-state index >= 15 is 0 Å². The summed E-state index contributed by atoms with van der Waals surface area (Å²) in [4.78, 5) is 8.40. The van der Waals surface area contributed by atoms with Crippen molar-refractivity contribution in [3.05, 3.63) is 54.3 Å². The number of hydrogen-bond donors (Lipinski definition) is 0. The van der Waals surface area contributed by atoms with E-state index in [1.807, 2.05) is 6.92 Å². The van der Waals surface area contributed by atoms with Gasteiger partial charge < -0.3 is 4.42 Å². The number of aryl methyl sites for hydroxylation is 1. The quantitative estimate of drug-likeness (QED) is 0.691. The second-order valence-electron chi connectivity index (χ2n) is 6.20. The van der Waals surface area contributed by atoms with Crippen LogP contribution in [0.1, 0.15) is 23.8 Å². The van der Waals surface area contributed by atoms with E-state index in [0.29, 0.717) is 36.0 Å². The van der Waals surface area contributed by atoms with Gasteiger partial charge in [0.1, 0.15) is 5.69 Å². The van der Waals surface area contributed by atoms with Crippen LogP contribution in [0.5, 0.6) is 0 Å². The maximum absolute atomic E-state index is 12.8. The van der Waals surface area contributed by atoms with Crippen LogP contribution in [-0.2, 0) is 10.0 Å². The third-order valence-electron chi connectivity index (χ3n) is 4.38. The van der Waals surface area contributed by atoms with Crippen LogP contribution in [-0.4, -0.2) is 46.0 Å². The molecule has 1 saturated heterocycles. The lowest BCUT2D eigenvalue weighted by Gasteiger charge is -2.16. The van der Waals surface area contributed by atoms with Crippen LogP contribution in [0.4, 0.5) is 0 Å². The van der Waals surface area contributed by atoms with Crippen LogP contribution in [0.2, 0.25) is 0 Å².